The Kier molecular flexibility index (Phi) is 6.03. The van der Waals surface area contributed by atoms with Gasteiger partial charge in [0.1, 0.15) is 12.6 Å². The third-order valence-electron chi connectivity index (χ3n) is 6.35. The highest BCUT2D eigenvalue weighted by atomic mass is 32.2. The molecule has 182 valence electrons. The molecule has 0 bridgehead atoms. The minimum Gasteiger partial charge on any atom is -0.361 e. The first-order valence-electron chi connectivity index (χ1n) is 11.4. The summed E-state index contributed by atoms with van der Waals surface area (Å²) >= 11 is 0. The van der Waals surface area contributed by atoms with Gasteiger partial charge in [-0.3, -0.25) is 14.5 Å². The number of fused-ring (bicyclic) bond motifs is 1. The van der Waals surface area contributed by atoms with Gasteiger partial charge in [-0.15, -0.1) is 0 Å². The molecule has 0 saturated carbocycles. The van der Waals surface area contributed by atoms with Gasteiger partial charge in [-0.25, -0.2) is 13.2 Å². The Hall–Kier alpha value is -3.70. The Morgan fingerprint density at radius 1 is 1.03 bits per heavy atom. The van der Waals surface area contributed by atoms with Crippen LogP contribution in [-0.2, 0) is 26.0 Å². The summed E-state index contributed by atoms with van der Waals surface area (Å²) in [6.07, 6.45) is 3.81. The summed E-state index contributed by atoms with van der Waals surface area (Å²) in [5.41, 5.74) is 2.21. The van der Waals surface area contributed by atoms with Crippen molar-refractivity contribution in [3.05, 3.63) is 60.3 Å². The molecule has 1 atom stereocenters. The molecule has 3 aromatic rings. The lowest BCUT2D eigenvalue weighted by molar-refractivity contribution is -0.130. The molecule has 11 heteroatoms. The standard InChI is InChI=1S/C24H25N5O5S/c30-22(26-17-7-9-18(10-8-17)35(33,34)28-11-3-4-12-28)15-29-23(31)21(27-24(29)32)13-16-14-25-20-6-2-1-5-19(16)20/h1-2,5-10,14,21,25H,3-4,11-13,15H2,(H,26,30)(H,27,32)/t21-/m1/s1. The molecule has 3 heterocycles. The molecule has 0 aliphatic carbocycles. The van der Waals surface area contributed by atoms with Gasteiger partial charge in [0.15, 0.2) is 0 Å². The van der Waals surface area contributed by atoms with Gasteiger partial charge < -0.3 is 15.6 Å². The molecular formula is C24H25N5O5S. The fourth-order valence-electron chi connectivity index (χ4n) is 4.52. The van der Waals surface area contributed by atoms with E-state index < -0.39 is 40.5 Å². The number of benzene rings is 2. The summed E-state index contributed by atoms with van der Waals surface area (Å²) in [4.78, 5) is 41.9. The number of rotatable bonds is 7. The third-order valence-corrected chi connectivity index (χ3v) is 8.26. The summed E-state index contributed by atoms with van der Waals surface area (Å²) in [7, 11) is -3.55. The summed E-state index contributed by atoms with van der Waals surface area (Å²) in [6, 6.07) is 12.2. The molecule has 1 aromatic heterocycles. The molecule has 0 spiro atoms. The van der Waals surface area contributed by atoms with Crippen LogP contribution in [0, 0.1) is 0 Å². The molecule has 2 aliphatic heterocycles. The first-order valence-corrected chi connectivity index (χ1v) is 12.8. The van der Waals surface area contributed by atoms with E-state index in [0.29, 0.717) is 25.2 Å². The molecule has 0 unspecified atom stereocenters. The second kappa shape index (κ2) is 9.16. The van der Waals surface area contributed by atoms with Crippen molar-refractivity contribution in [2.24, 2.45) is 0 Å². The highest BCUT2D eigenvalue weighted by molar-refractivity contribution is 7.89. The minimum atomic E-state index is -3.55. The number of aromatic nitrogens is 1. The second-order valence-corrected chi connectivity index (χ2v) is 10.6. The van der Waals surface area contributed by atoms with Crippen molar-refractivity contribution in [1.82, 2.24) is 19.5 Å². The zero-order valence-corrected chi connectivity index (χ0v) is 19.7. The number of imide groups is 1. The molecule has 5 rings (SSSR count). The van der Waals surface area contributed by atoms with Crippen LogP contribution in [0.1, 0.15) is 18.4 Å². The number of nitrogens with zero attached hydrogens (tertiary/aromatic N) is 2. The van der Waals surface area contributed by atoms with Crippen LogP contribution in [0.5, 0.6) is 0 Å². The first kappa shape index (κ1) is 23.1. The number of carbonyl (C=O) groups is 3. The van der Waals surface area contributed by atoms with Crippen molar-refractivity contribution < 1.29 is 22.8 Å². The van der Waals surface area contributed by atoms with E-state index in [1.165, 1.54) is 28.6 Å². The number of nitrogens with one attached hydrogen (secondary N) is 3. The molecule has 3 N–H and O–H groups in total. The summed E-state index contributed by atoms with van der Waals surface area (Å²) in [6.45, 7) is 0.574. The number of amides is 4. The molecule has 10 nitrogen and oxygen atoms in total. The predicted octanol–water partition coefficient (Wildman–Crippen LogP) is 2.05. The van der Waals surface area contributed by atoms with Gasteiger partial charge in [-0.2, -0.15) is 4.31 Å². The van der Waals surface area contributed by atoms with Gasteiger partial charge in [0.25, 0.3) is 5.91 Å². The number of hydrogen-bond acceptors (Lipinski definition) is 5. The molecule has 2 saturated heterocycles. The van der Waals surface area contributed by atoms with Gasteiger partial charge in [0.05, 0.1) is 4.90 Å². The maximum absolute atomic E-state index is 12.8. The van der Waals surface area contributed by atoms with Gasteiger partial charge in [-0.1, -0.05) is 18.2 Å². The normalized spacial score (nSPS) is 18.9. The zero-order valence-electron chi connectivity index (χ0n) is 18.9. The molecule has 35 heavy (non-hydrogen) atoms. The summed E-state index contributed by atoms with van der Waals surface area (Å²) in [5, 5.41) is 6.24. The van der Waals surface area contributed by atoms with Gasteiger partial charge in [-0.05, 0) is 48.7 Å². The Morgan fingerprint density at radius 2 is 1.74 bits per heavy atom. The van der Waals surface area contributed by atoms with Crippen molar-refractivity contribution >= 4 is 44.5 Å². The lowest BCUT2D eigenvalue weighted by Gasteiger charge is -2.16. The average molecular weight is 496 g/mol. The van der Waals surface area contributed by atoms with Gasteiger partial charge in [0, 0.05) is 42.3 Å². The Bertz CT molecular complexity index is 1390. The SMILES string of the molecule is O=C(CN1C(=O)N[C@H](Cc2c[nH]c3ccccc23)C1=O)Nc1ccc(S(=O)(=O)N2CCCC2)cc1. The fourth-order valence-corrected chi connectivity index (χ4v) is 6.03. The zero-order chi connectivity index (χ0) is 24.6. The van der Waals surface area contributed by atoms with Crippen molar-refractivity contribution in [3.63, 3.8) is 0 Å². The van der Waals surface area contributed by atoms with E-state index in [1.54, 1.807) is 0 Å². The highest BCUT2D eigenvalue weighted by Gasteiger charge is 2.39. The summed E-state index contributed by atoms with van der Waals surface area (Å²) in [5.74, 6) is -1.03. The van der Waals surface area contributed by atoms with Crippen molar-refractivity contribution in [2.45, 2.75) is 30.2 Å². The van der Waals surface area contributed by atoms with E-state index in [1.807, 2.05) is 30.5 Å². The lowest BCUT2D eigenvalue weighted by Crippen LogP contribution is -2.38. The molecular weight excluding hydrogens is 470 g/mol. The molecule has 4 amide bonds. The second-order valence-electron chi connectivity index (χ2n) is 8.67. The maximum atomic E-state index is 12.8. The van der Waals surface area contributed by atoms with Crippen molar-refractivity contribution in [1.29, 1.82) is 0 Å². The monoisotopic (exact) mass is 495 g/mol. The Labute approximate surface area is 202 Å². The fraction of sp³-hybridized carbons (Fsp3) is 0.292. The van der Waals surface area contributed by atoms with E-state index in [-0.39, 0.29) is 4.90 Å². The number of para-hydroxylation sites is 1. The maximum Gasteiger partial charge on any atom is 0.325 e. The minimum absolute atomic E-state index is 0.159. The molecule has 2 fully saturated rings. The van der Waals surface area contributed by atoms with Crippen LogP contribution in [0.25, 0.3) is 10.9 Å². The van der Waals surface area contributed by atoms with E-state index in [9.17, 15) is 22.8 Å². The van der Waals surface area contributed by atoms with Crippen LogP contribution in [-0.4, -0.2) is 66.1 Å². The van der Waals surface area contributed by atoms with E-state index in [2.05, 4.69) is 15.6 Å². The van der Waals surface area contributed by atoms with Crippen LogP contribution < -0.4 is 10.6 Å². The quantitative estimate of drug-likeness (QED) is 0.432. The highest BCUT2D eigenvalue weighted by Crippen LogP contribution is 2.23. The number of sulfonamides is 1. The Balaban J connectivity index is 1.20. The van der Waals surface area contributed by atoms with Crippen molar-refractivity contribution in [2.75, 3.05) is 25.0 Å². The number of aromatic amines is 1. The lowest BCUT2D eigenvalue weighted by atomic mass is 10.1. The van der Waals surface area contributed by atoms with Crippen LogP contribution in [0.3, 0.4) is 0 Å². The van der Waals surface area contributed by atoms with E-state index >= 15 is 0 Å². The summed E-state index contributed by atoms with van der Waals surface area (Å²) < 4.78 is 26.7. The first-order chi connectivity index (χ1) is 16.8. The largest absolute Gasteiger partial charge is 0.361 e. The van der Waals surface area contributed by atoms with Gasteiger partial charge >= 0.3 is 6.03 Å². The average Bonchev–Trinajstić information content (AvgIpc) is 3.58. The van der Waals surface area contributed by atoms with Crippen LogP contribution in [0.2, 0.25) is 0 Å². The molecule has 2 aliphatic rings. The smallest absolute Gasteiger partial charge is 0.325 e. The van der Waals surface area contributed by atoms with Crippen LogP contribution in [0.15, 0.2) is 59.6 Å². The predicted molar refractivity (Wildman–Crippen MR) is 129 cm³/mol. The van der Waals surface area contributed by atoms with Crippen LogP contribution in [0.4, 0.5) is 10.5 Å². The van der Waals surface area contributed by atoms with Crippen LogP contribution >= 0.6 is 0 Å². The number of urea groups is 1. The van der Waals surface area contributed by atoms with E-state index in [4.69, 9.17) is 0 Å². The number of H-pyrrole nitrogens is 1. The Morgan fingerprint density at radius 3 is 2.49 bits per heavy atom. The third kappa shape index (κ3) is 4.52. The molecule has 2 aromatic carbocycles. The van der Waals surface area contributed by atoms with Gasteiger partial charge in [0.2, 0.25) is 15.9 Å². The van der Waals surface area contributed by atoms with Crippen molar-refractivity contribution in [3.8, 4) is 0 Å². The number of anilines is 1. The topological polar surface area (TPSA) is 132 Å². The molecule has 0 radical (unpaired) electrons. The van der Waals surface area contributed by atoms with E-state index in [0.717, 1.165) is 34.2 Å². The number of hydrogen-bond donors (Lipinski definition) is 3. The number of carbonyl (C=O) groups excluding carboxylic acids is 3.